The van der Waals surface area contributed by atoms with E-state index in [-0.39, 0.29) is 22.9 Å². The largest absolute Gasteiger partial charge is 0.481 e. The van der Waals surface area contributed by atoms with Crippen LogP contribution in [0.4, 0.5) is 4.39 Å². The van der Waals surface area contributed by atoms with Crippen molar-refractivity contribution in [2.75, 3.05) is 0 Å². The summed E-state index contributed by atoms with van der Waals surface area (Å²) in [7, 11) is 0. The molecular formula is C10H10Cl2FNO2. The first-order valence-corrected chi connectivity index (χ1v) is 5.29. The zero-order valence-electron chi connectivity index (χ0n) is 8.21. The molecule has 0 amide bonds. The van der Waals surface area contributed by atoms with Gasteiger partial charge >= 0.3 is 5.97 Å². The number of rotatable bonds is 4. The third-order valence-electron chi connectivity index (χ3n) is 2.11. The van der Waals surface area contributed by atoms with Crippen LogP contribution in [0.25, 0.3) is 0 Å². The summed E-state index contributed by atoms with van der Waals surface area (Å²) in [4.78, 5) is 10.4. The lowest BCUT2D eigenvalue weighted by Gasteiger charge is -2.13. The molecule has 88 valence electrons. The van der Waals surface area contributed by atoms with Crippen molar-refractivity contribution in [2.45, 2.75) is 18.9 Å². The van der Waals surface area contributed by atoms with E-state index >= 15 is 0 Å². The quantitative estimate of drug-likeness (QED) is 0.823. The minimum absolute atomic E-state index is 0.0769. The normalized spacial score (nSPS) is 12.5. The van der Waals surface area contributed by atoms with Crippen LogP contribution in [-0.4, -0.2) is 11.1 Å². The van der Waals surface area contributed by atoms with E-state index in [2.05, 4.69) is 0 Å². The Balaban J connectivity index is 2.86. The summed E-state index contributed by atoms with van der Waals surface area (Å²) in [5.74, 6) is -1.57. The Morgan fingerprint density at radius 3 is 2.62 bits per heavy atom. The third kappa shape index (κ3) is 3.33. The molecule has 0 fully saturated rings. The summed E-state index contributed by atoms with van der Waals surface area (Å²) in [5, 5.41) is 8.58. The number of benzene rings is 1. The Labute approximate surface area is 102 Å². The molecule has 3 N–H and O–H groups in total. The molecule has 0 saturated heterocycles. The van der Waals surface area contributed by atoms with Gasteiger partial charge in [-0.1, -0.05) is 23.2 Å². The van der Waals surface area contributed by atoms with Crippen molar-refractivity contribution in [1.82, 2.24) is 0 Å². The van der Waals surface area contributed by atoms with Crippen molar-refractivity contribution in [3.8, 4) is 0 Å². The first-order chi connectivity index (χ1) is 7.41. The number of carboxylic acids is 1. The molecule has 0 bridgehead atoms. The molecule has 1 atom stereocenters. The monoisotopic (exact) mass is 265 g/mol. The first kappa shape index (κ1) is 13.2. The zero-order valence-corrected chi connectivity index (χ0v) is 9.72. The van der Waals surface area contributed by atoms with Crippen LogP contribution in [0.5, 0.6) is 0 Å². The van der Waals surface area contributed by atoms with Crippen LogP contribution in [-0.2, 0) is 4.79 Å². The molecule has 0 spiro atoms. The molecule has 0 aliphatic carbocycles. The van der Waals surface area contributed by atoms with Gasteiger partial charge in [-0.15, -0.1) is 0 Å². The molecule has 0 heterocycles. The van der Waals surface area contributed by atoms with Crippen LogP contribution in [0.15, 0.2) is 12.1 Å². The van der Waals surface area contributed by atoms with Gasteiger partial charge in [0.1, 0.15) is 5.82 Å². The lowest BCUT2D eigenvalue weighted by molar-refractivity contribution is -0.137. The number of carbonyl (C=O) groups is 1. The molecule has 0 aromatic heterocycles. The fourth-order valence-corrected chi connectivity index (χ4v) is 1.72. The molecule has 1 aromatic rings. The highest BCUT2D eigenvalue weighted by Gasteiger charge is 2.14. The summed E-state index contributed by atoms with van der Waals surface area (Å²) in [5.41, 5.74) is 6.19. The van der Waals surface area contributed by atoms with E-state index in [0.717, 1.165) is 6.07 Å². The van der Waals surface area contributed by atoms with Crippen LogP contribution in [0, 0.1) is 5.82 Å². The smallest absolute Gasteiger partial charge is 0.303 e. The van der Waals surface area contributed by atoms with Crippen molar-refractivity contribution in [2.24, 2.45) is 5.73 Å². The Hall–Kier alpha value is -0.840. The molecule has 0 aliphatic rings. The number of nitrogens with two attached hydrogens (primary N) is 1. The number of halogens is 3. The second-order valence-corrected chi connectivity index (χ2v) is 4.14. The van der Waals surface area contributed by atoms with Crippen LogP contribution >= 0.6 is 23.2 Å². The Morgan fingerprint density at radius 1 is 1.44 bits per heavy atom. The summed E-state index contributed by atoms with van der Waals surface area (Å²) in [6.07, 6.45) is 0.142. The molecule has 0 radical (unpaired) electrons. The van der Waals surface area contributed by atoms with E-state index in [0.29, 0.717) is 5.56 Å². The molecule has 1 aromatic carbocycles. The SMILES string of the molecule is NC(CCC(=O)O)c1cc(Cl)c(F)cc1Cl. The summed E-state index contributed by atoms with van der Waals surface area (Å²) < 4.78 is 13.0. The summed E-state index contributed by atoms with van der Waals surface area (Å²) >= 11 is 11.4. The van der Waals surface area contributed by atoms with Crippen LogP contribution in [0.2, 0.25) is 10.0 Å². The molecule has 0 aliphatic heterocycles. The minimum Gasteiger partial charge on any atom is -0.481 e. The standard InChI is InChI=1S/C10H10Cl2FNO2/c11-6-4-8(13)7(12)3-5(6)9(14)1-2-10(15)16/h3-4,9H,1-2,14H2,(H,15,16). The summed E-state index contributed by atoms with van der Waals surface area (Å²) in [6.45, 7) is 0. The lowest BCUT2D eigenvalue weighted by atomic mass is 10.0. The topological polar surface area (TPSA) is 63.3 Å². The predicted octanol–water partition coefficient (Wildman–Crippen LogP) is 3.00. The third-order valence-corrected chi connectivity index (χ3v) is 2.73. The highest BCUT2D eigenvalue weighted by molar-refractivity contribution is 6.33. The molecule has 1 unspecified atom stereocenters. The predicted molar refractivity (Wildman–Crippen MR) is 60.2 cm³/mol. The van der Waals surface area contributed by atoms with E-state index < -0.39 is 17.8 Å². The average molecular weight is 266 g/mol. The van der Waals surface area contributed by atoms with Gasteiger partial charge in [-0.2, -0.15) is 0 Å². The maximum Gasteiger partial charge on any atom is 0.303 e. The highest BCUT2D eigenvalue weighted by atomic mass is 35.5. The maximum absolute atomic E-state index is 13.0. The minimum atomic E-state index is -0.945. The van der Waals surface area contributed by atoms with Crippen molar-refractivity contribution >= 4 is 29.2 Å². The van der Waals surface area contributed by atoms with Crippen LogP contribution < -0.4 is 5.73 Å². The molecule has 1 rings (SSSR count). The number of hydrogen-bond donors (Lipinski definition) is 2. The number of aliphatic carboxylic acids is 1. The van der Waals surface area contributed by atoms with Gasteiger partial charge in [0.05, 0.1) is 5.02 Å². The van der Waals surface area contributed by atoms with Gasteiger partial charge in [-0.25, -0.2) is 4.39 Å². The Morgan fingerprint density at radius 2 is 2.06 bits per heavy atom. The van der Waals surface area contributed by atoms with Gasteiger partial charge < -0.3 is 10.8 Å². The molecule has 0 saturated carbocycles. The fourth-order valence-electron chi connectivity index (χ4n) is 1.26. The molecule has 16 heavy (non-hydrogen) atoms. The Kier molecular flexibility index (Phi) is 4.53. The van der Waals surface area contributed by atoms with E-state index in [1.54, 1.807) is 0 Å². The van der Waals surface area contributed by atoms with Gasteiger partial charge in [-0.05, 0) is 24.1 Å². The first-order valence-electron chi connectivity index (χ1n) is 4.53. The van der Waals surface area contributed by atoms with E-state index in [1.165, 1.54) is 6.07 Å². The van der Waals surface area contributed by atoms with Crippen LogP contribution in [0.1, 0.15) is 24.4 Å². The van der Waals surface area contributed by atoms with Crippen LogP contribution in [0.3, 0.4) is 0 Å². The van der Waals surface area contributed by atoms with Crippen molar-refractivity contribution in [1.29, 1.82) is 0 Å². The van der Waals surface area contributed by atoms with Gasteiger partial charge in [0.2, 0.25) is 0 Å². The van der Waals surface area contributed by atoms with Crippen molar-refractivity contribution < 1.29 is 14.3 Å². The van der Waals surface area contributed by atoms with Gasteiger partial charge in [-0.3, -0.25) is 4.79 Å². The molecule has 6 heteroatoms. The zero-order chi connectivity index (χ0) is 12.3. The second-order valence-electron chi connectivity index (χ2n) is 3.33. The number of hydrogen-bond acceptors (Lipinski definition) is 2. The van der Waals surface area contributed by atoms with Gasteiger partial charge in [0.15, 0.2) is 0 Å². The Bertz CT molecular complexity index is 412. The maximum atomic E-state index is 13.0. The van der Waals surface area contributed by atoms with E-state index in [9.17, 15) is 9.18 Å². The fraction of sp³-hybridized carbons (Fsp3) is 0.300. The highest BCUT2D eigenvalue weighted by Crippen LogP contribution is 2.29. The lowest BCUT2D eigenvalue weighted by Crippen LogP contribution is -2.13. The van der Waals surface area contributed by atoms with E-state index in [4.69, 9.17) is 34.0 Å². The molecular weight excluding hydrogens is 256 g/mol. The second kappa shape index (κ2) is 5.48. The van der Waals surface area contributed by atoms with E-state index in [1.807, 2.05) is 0 Å². The summed E-state index contributed by atoms with van der Waals surface area (Å²) in [6, 6.07) is 1.83. The molecule has 3 nitrogen and oxygen atoms in total. The number of carboxylic acid groups (broad SMARTS) is 1. The van der Waals surface area contributed by atoms with Crippen molar-refractivity contribution in [3.05, 3.63) is 33.6 Å². The van der Waals surface area contributed by atoms with Crippen molar-refractivity contribution in [3.63, 3.8) is 0 Å². The average Bonchev–Trinajstić information content (AvgIpc) is 2.20. The van der Waals surface area contributed by atoms with Gasteiger partial charge in [0.25, 0.3) is 0 Å². The van der Waals surface area contributed by atoms with Gasteiger partial charge in [0, 0.05) is 17.5 Å².